The maximum atomic E-state index is 12.6. The molecule has 150 valence electrons. The molecule has 6 nitrogen and oxygen atoms in total. The smallest absolute Gasteiger partial charge is 0.341 e. The molecule has 0 fully saturated rings. The van der Waals surface area contributed by atoms with Crippen LogP contribution in [0.2, 0.25) is 0 Å². The van der Waals surface area contributed by atoms with Crippen LogP contribution in [0.1, 0.15) is 21.5 Å². The molecule has 0 amide bonds. The summed E-state index contributed by atoms with van der Waals surface area (Å²) in [5.74, 6) is -1.31. The Labute approximate surface area is 168 Å². The molecular formula is C22H20O6S. The van der Waals surface area contributed by atoms with Gasteiger partial charge in [-0.2, -0.15) is 0 Å². The average molecular weight is 412 g/mol. The standard InChI is InChI=1S/C22H20O6S/c1-28-22(25)19-11-8-16(12-21(19)24)14-29(26,27)13-15-6-9-17(10-7-15)18-4-2-3-5-20(18)23/h2-12,23-24H,13-14H2,1H3. The fraction of sp³-hybridized carbons (Fsp3) is 0.136. The van der Waals surface area contributed by atoms with E-state index in [2.05, 4.69) is 4.74 Å². The maximum absolute atomic E-state index is 12.6. The van der Waals surface area contributed by atoms with E-state index in [9.17, 15) is 23.4 Å². The summed E-state index contributed by atoms with van der Waals surface area (Å²) < 4.78 is 29.7. The molecule has 3 aromatic rings. The van der Waals surface area contributed by atoms with Crippen LogP contribution in [0.25, 0.3) is 11.1 Å². The van der Waals surface area contributed by atoms with Gasteiger partial charge in [-0.1, -0.05) is 48.5 Å². The highest BCUT2D eigenvalue weighted by Crippen LogP contribution is 2.29. The Balaban J connectivity index is 1.73. The number of ether oxygens (including phenoxy) is 1. The van der Waals surface area contributed by atoms with E-state index in [4.69, 9.17) is 0 Å². The van der Waals surface area contributed by atoms with Crippen LogP contribution in [0.5, 0.6) is 11.5 Å². The second kappa shape index (κ2) is 8.36. The minimum Gasteiger partial charge on any atom is -0.507 e. The molecule has 0 aliphatic rings. The fourth-order valence-corrected chi connectivity index (χ4v) is 4.50. The monoisotopic (exact) mass is 412 g/mol. The molecule has 0 saturated carbocycles. The molecule has 0 spiro atoms. The third-order valence-electron chi connectivity index (χ3n) is 4.41. The van der Waals surface area contributed by atoms with Crippen molar-refractivity contribution in [2.45, 2.75) is 11.5 Å². The van der Waals surface area contributed by atoms with E-state index in [0.29, 0.717) is 16.7 Å². The highest BCUT2D eigenvalue weighted by Gasteiger charge is 2.17. The first-order valence-electron chi connectivity index (χ1n) is 8.77. The molecule has 0 saturated heterocycles. The molecule has 3 rings (SSSR count). The van der Waals surface area contributed by atoms with Crippen LogP contribution in [0.4, 0.5) is 0 Å². The van der Waals surface area contributed by atoms with Gasteiger partial charge in [0.05, 0.1) is 18.6 Å². The number of carbonyl (C=O) groups is 1. The van der Waals surface area contributed by atoms with Gasteiger partial charge in [-0.25, -0.2) is 13.2 Å². The average Bonchev–Trinajstić information content (AvgIpc) is 2.68. The van der Waals surface area contributed by atoms with E-state index in [0.717, 1.165) is 5.56 Å². The molecule has 29 heavy (non-hydrogen) atoms. The highest BCUT2D eigenvalue weighted by molar-refractivity contribution is 7.89. The molecule has 0 aliphatic heterocycles. The zero-order valence-electron chi connectivity index (χ0n) is 15.7. The molecular weight excluding hydrogens is 392 g/mol. The Morgan fingerprint density at radius 2 is 1.48 bits per heavy atom. The van der Waals surface area contributed by atoms with E-state index in [-0.39, 0.29) is 28.6 Å². The summed E-state index contributed by atoms with van der Waals surface area (Å²) in [5.41, 5.74) is 2.42. The molecule has 0 radical (unpaired) electrons. The molecule has 0 bridgehead atoms. The van der Waals surface area contributed by atoms with Crippen molar-refractivity contribution in [3.05, 3.63) is 83.4 Å². The lowest BCUT2D eigenvalue weighted by Crippen LogP contribution is -2.08. The number of phenolic OH excluding ortho intramolecular Hbond substituents is 2. The summed E-state index contributed by atoms with van der Waals surface area (Å²) in [4.78, 5) is 11.5. The van der Waals surface area contributed by atoms with Gasteiger partial charge in [0.1, 0.15) is 17.1 Å². The van der Waals surface area contributed by atoms with Gasteiger partial charge in [0.2, 0.25) is 0 Å². The van der Waals surface area contributed by atoms with Crippen molar-refractivity contribution in [3.8, 4) is 22.6 Å². The predicted octanol–water partition coefficient (Wildman–Crippen LogP) is 3.67. The van der Waals surface area contributed by atoms with Crippen molar-refractivity contribution in [2.75, 3.05) is 7.11 Å². The lowest BCUT2D eigenvalue weighted by Gasteiger charge is -2.09. The van der Waals surface area contributed by atoms with Gasteiger partial charge in [-0.3, -0.25) is 0 Å². The van der Waals surface area contributed by atoms with E-state index in [1.165, 1.54) is 25.3 Å². The summed E-state index contributed by atoms with van der Waals surface area (Å²) in [6.45, 7) is 0. The van der Waals surface area contributed by atoms with E-state index >= 15 is 0 Å². The molecule has 0 aromatic heterocycles. The van der Waals surface area contributed by atoms with E-state index in [1.54, 1.807) is 42.5 Å². The summed E-state index contributed by atoms with van der Waals surface area (Å²) in [6, 6.07) is 17.9. The number of benzene rings is 3. The van der Waals surface area contributed by atoms with Gasteiger partial charge in [0, 0.05) is 5.56 Å². The Bertz CT molecular complexity index is 1130. The Kier molecular flexibility index (Phi) is 5.89. The molecule has 7 heteroatoms. The molecule has 2 N–H and O–H groups in total. The number of aromatic hydroxyl groups is 2. The van der Waals surface area contributed by atoms with Crippen molar-refractivity contribution >= 4 is 15.8 Å². The molecule has 0 heterocycles. The fourth-order valence-electron chi connectivity index (χ4n) is 3.01. The normalized spacial score (nSPS) is 11.2. The largest absolute Gasteiger partial charge is 0.507 e. The van der Waals surface area contributed by atoms with Crippen molar-refractivity contribution in [3.63, 3.8) is 0 Å². The topological polar surface area (TPSA) is 101 Å². The number of carbonyl (C=O) groups excluding carboxylic acids is 1. The molecule has 0 aliphatic carbocycles. The predicted molar refractivity (Wildman–Crippen MR) is 109 cm³/mol. The van der Waals surface area contributed by atoms with Gasteiger partial charge in [-0.05, 0) is 34.9 Å². The second-order valence-corrected chi connectivity index (χ2v) is 8.65. The zero-order chi connectivity index (χ0) is 21.0. The maximum Gasteiger partial charge on any atom is 0.341 e. The number of sulfone groups is 1. The van der Waals surface area contributed by atoms with Gasteiger partial charge < -0.3 is 14.9 Å². The highest BCUT2D eigenvalue weighted by atomic mass is 32.2. The van der Waals surface area contributed by atoms with Crippen LogP contribution in [0.3, 0.4) is 0 Å². The summed E-state index contributed by atoms with van der Waals surface area (Å²) >= 11 is 0. The van der Waals surface area contributed by atoms with E-state index in [1.807, 2.05) is 6.07 Å². The first-order valence-corrected chi connectivity index (χ1v) is 10.6. The third kappa shape index (κ3) is 4.94. The molecule has 0 atom stereocenters. The van der Waals surface area contributed by atoms with Gasteiger partial charge in [0.25, 0.3) is 0 Å². The first kappa shape index (κ1) is 20.4. The second-order valence-electron chi connectivity index (χ2n) is 6.59. The van der Waals surface area contributed by atoms with Crippen LogP contribution in [0.15, 0.2) is 66.7 Å². The van der Waals surface area contributed by atoms with Gasteiger partial charge in [-0.15, -0.1) is 0 Å². The van der Waals surface area contributed by atoms with Crippen molar-refractivity contribution in [1.82, 2.24) is 0 Å². The van der Waals surface area contributed by atoms with Gasteiger partial charge >= 0.3 is 5.97 Å². The Morgan fingerprint density at radius 3 is 2.10 bits per heavy atom. The third-order valence-corrected chi connectivity index (χ3v) is 5.96. The van der Waals surface area contributed by atoms with Crippen LogP contribution < -0.4 is 0 Å². The van der Waals surface area contributed by atoms with Gasteiger partial charge in [0.15, 0.2) is 9.84 Å². The Morgan fingerprint density at radius 1 is 0.862 bits per heavy atom. The van der Waals surface area contributed by atoms with E-state index < -0.39 is 15.8 Å². The summed E-state index contributed by atoms with van der Waals surface area (Å²) in [5, 5.41) is 19.9. The first-order chi connectivity index (χ1) is 13.8. The number of esters is 1. The molecule has 0 unspecified atom stereocenters. The zero-order valence-corrected chi connectivity index (χ0v) is 16.5. The van der Waals surface area contributed by atoms with Crippen molar-refractivity contribution in [1.29, 1.82) is 0 Å². The summed E-state index contributed by atoms with van der Waals surface area (Å²) in [6.07, 6.45) is 0. The number of para-hydroxylation sites is 1. The van der Waals surface area contributed by atoms with Crippen molar-refractivity contribution in [2.24, 2.45) is 0 Å². The molecule has 3 aromatic carbocycles. The number of phenols is 2. The quantitative estimate of drug-likeness (QED) is 0.599. The Hall–Kier alpha value is -3.32. The minimum absolute atomic E-state index is 0.0200. The lowest BCUT2D eigenvalue weighted by atomic mass is 10.0. The van der Waals surface area contributed by atoms with Crippen LogP contribution in [-0.2, 0) is 26.1 Å². The number of rotatable bonds is 6. The number of hydrogen-bond acceptors (Lipinski definition) is 6. The van der Waals surface area contributed by atoms with Crippen molar-refractivity contribution < 1.29 is 28.2 Å². The van der Waals surface area contributed by atoms with Crippen LogP contribution in [0, 0.1) is 0 Å². The lowest BCUT2D eigenvalue weighted by molar-refractivity contribution is 0.0597. The SMILES string of the molecule is COC(=O)c1ccc(CS(=O)(=O)Cc2ccc(-c3ccccc3O)cc2)cc1O. The summed E-state index contributed by atoms with van der Waals surface area (Å²) in [7, 11) is -2.31. The number of hydrogen-bond donors (Lipinski definition) is 2. The number of methoxy groups -OCH3 is 1. The van der Waals surface area contributed by atoms with Crippen LogP contribution >= 0.6 is 0 Å². The van der Waals surface area contributed by atoms with Crippen LogP contribution in [-0.4, -0.2) is 31.7 Å². The minimum atomic E-state index is -3.51.